The van der Waals surface area contributed by atoms with Crippen LogP contribution < -0.4 is 5.32 Å². The molecule has 1 fully saturated rings. The quantitative estimate of drug-likeness (QED) is 0.777. The summed E-state index contributed by atoms with van der Waals surface area (Å²) in [5.74, 6) is 0.743. The average molecular weight is 281 g/mol. The molecule has 0 atom stereocenters. The summed E-state index contributed by atoms with van der Waals surface area (Å²) in [4.78, 5) is 0. The molecule has 1 aliphatic carbocycles. The van der Waals surface area contributed by atoms with Crippen LogP contribution in [0.25, 0.3) is 0 Å². The zero-order chi connectivity index (χ0) is 13.7. The molecule has 0 saturated heterocycles. The third-order valence-electron chi connectivity index (χ3n) is 4.05. The lowest BCUT2D eigenvalue weighted by Gasteiger charge is -2.27. The Kier molecular flexibility index (Phi) is 5.34. The Balaban J connectivity index is 2.05. The zero-order valence-electron chi connectivity index (χ0n) is 12.5. The molecule has 1 aromatic rings. The lowest BCUT2D eigenvalue weighted by atomic mass is 9.79. The highest BCUT2D eigenvalue weighted by molar-refractivity contribution is 7.11. The van der Waals surface area contributed by atoms with E-state index in [1.165, 1.54) is 42.1 Å². The fourth-order valence-corrected chi connectivity index (χ4v) is 4.37. The molecule has 0 bridgehead atoms. The Bertz CT molecular complexity index is 380. The molecule has 0 aliphatic heterocycles. The van der Waals surface area contributed by atoms with Gasteiger partial charge in [-0.15, -0.1) is 21.5 Å². The maximum Gasteiger partial charge on any atom is 0.123 e. The maximum absolute atomic E-state index is 4.54. The molecule has 0 spiro atoms. The van der Waals surface area contributed by atoms with Crippen LogP contribution >= 0.6 is 11.3 Å². The van der Waals surface area contributed by atoms with Gasteiger partial charge in [-0.2, -0.15) is 0 Å². The van der Waals surface area contributed by atoms with Crippen molar-refractivity contribution in [2.45, 2.75) is 64.7 Å². The average Bonchev–Trinajstić information content (AvgIpc) is 2.98. The normalized spacial score (nSPS) is 18.3. The van der Waals surface area contributed by atoms with E-state index in [-0.39, 0.29) is 0 Å². The van der Waals surface area contributed by atoms with Crippen LogP contribution in [0.3, 0.4) is 0 Å². The molecule has 1 saturated carbocycles. The van der Waals surface area contributed by atoms with Gasteiger partial charge in [0.2, 0.25) is 0 Å². The van der Waals surface area contributed by atoms with E-state index in [9.17, 15) is 0 Å². The van der Waals surface area contributed by atoms with Gasteiger partial charge in [0.05, 0.1) is 0 Å². The summed E-state index contributed by atoms with van der Waals surface area (Å²) >= 11 is 1.86. The Morgan fingerprint density at radius 3 is 2.63 bits per heavy atom. The van der Waals surface area contributed by atoms with Crippen molar-refractivity contribution in [3.8, 4) is 0 Å². The Morgan fingerprint density at radius 2 is 2.00 bits per heavy atom. The van der Waals surface area contributed by atoms with Crippen LogP contribution in [0, 0.1) is 5.92 Å². The first-order valence-corrected chi connectivity index (χ1v) is 8.51. The van der Waals surface area contributed by atoms with Crippen LogP contribution in [-0.4, -0.2) is 23.3 Å². The van der Waals surface area contributed by atoms with Crippen molar-refractivity contribution in [3.05, 3.63) is 10.0 Å². The molecule has 4 heteroatoms. The van der Waals surface area contributed by atoms with Gasteiger partial charge < -0.3 is 5.32 Å². The van der Waals surface area contributed by atoms with Gasteiger partial charge >= 0.3 is 0 Å². The molecule has 3 nitrogen and oxygen atoms in total. The van der Waals surface area contributed by atoms with Gasteiger partial charge in [0.15, 0.2) is 0 Å². The summed E-state index contributed by atoms with van der Waals surface area (Å²) in [6, 6.07) is 0. The third kappa shape index (κ3) is 3.76. The zero-order valence-corrected chi connectivity index (χ0v) is 13.4. The minimum Gasteiger partial charge on any atom is -0.317 e. The first-order valence-electron chi connectivity index (χ1n) is 7.70. The molecule has 0 radical (unpaired) electrons. The fourth-order valence-electron chi connectivity index (χ4n) is 3.28. The summed E-state index contributed by atoms with van der Waals surface area (Å²) in [6.07, 6.45) is 7.64. The first kappa shape index (κ1) is 14.9. The topological polar surface area (TPSA) is 37.8 Å². The number of nitrogens with one attached hydrogen (secondary N) is 1. The molecule has 0 aromatic carbocycles. The molecular weight excluding hydrogens is 254 g/mol. The van der Waals surface area contributed by atoms with Crippen LogP contribution in [0.4, 0.5) is 0 Å². The first-order chi connectivity index (χ1) is 9.16. The Labute approximate surface area is 121 Å². The van der Waals surface area contributed by atoms with Crippen molar-refractivity contribution < 1.29 is 0 Å². The van der Waals surface area contributed by atoms with E-state index in [0.29, 0.717) is 5.41 Å². The maximum atomic E-state index is 4.54. The molecule has 0 amide bonds. The summed E-state index contributed by atoms with van der Waals surface area (Å²) in [5.41, 5.74) is 0.349. The van der Waals surface area contributed by atoms with Gasteiger partial charge in [0, 0.05) is 18.4 Å². The summed E-state index contributed by atoms with van der Waals surface area (Å²) in [7, 11) is 0. The standard InChI is InChI=1S/C15H27N3S/c1-4-16-10-7-13-17-18-14(19-13)15(11-12(2)3)8-5-6-9-15/h12,16H,4-11H2,1-3H3. The highest BCUT2D eigenvalue weighted by atomic mass is 32.1. The van der Waals surface area contributed by atoms with Crippen molar-refractivity contribution in [3.63, 3.8) is 0 Å². The van der Waals surface area contributed by atoms with Crippen molar-refractivity contribution in [1.29, 1.82) is 0 Å². The minimum absolute atomic E-state index is 0.349. The number of rotatable bonds is 7. The van der Waals surface area contributed by atoms with Crippen molar-refractivity contribution in [2.24, 2.45) is 5.92 Å². The summed E-state index contributed by atoms with van der Waals surface area (Å²) in [6.45, 7) is 8.84. The second-order valence-corrected chi connectivity index (χ2v) is 7.25. The monoisotopic (exact) mass is 281 g/mol. The Hall–Kier alpha value is -0.480. The highest BCUT2D eigenvalue weighted by Crippen LogP contribution is 2.46. The molecule has 108 valence electrons. The molecule has 0 unspecified atom stereocenters. The number of hydrogen-bond acceptors (Lipinski definition) is 4. The van der Waals surface area contributed by atoms with Crippen molar-refractivity contribution >= 4 is 11.3 Å². The van der Waals surface area contributed by atoms with E-state index >= 15 is 0 Å². The van der Waals surface area contributed by atoms with Gasteiger partial charge in [-0.05, 0) is 31.7 Å². The van der Waals surface area contributed by atoms with Crippen LogP contribution in [0.15, 0.2) is 0 Å². The van der Waals surface area contributed by atoms with Gasteiger partial charge in [-0.1, -0.05) is 33.6 Å². The lowest BCUT2D eigenvalue weighted by Crippen LogP contribution is -2.24. The largest absolute Gasteiger partial charge is 0.317 e. The smallest absolute Gasteiger partial charge is 0.123 e. The fraction of sp³-hybridized carbons (Fsp3) is 0.867. The van der Waals surface area contributed by atoms with Gasteiger partial charge in [-0.3, -0.25) is 0 Å². The number of likely N-dealkylation sites (N-methyl/N-ethyl adjacent to an activating group) is 1. The van der Waals surface area contributed by atoms with Crippen molar-refractivity contribution in [2.75, 3.05) is 13.1 Å². The lowest BCUT2D eigenvalue weighted by molar-refractivity contribution is 0.343. The van der Waals surface area contributed by atoms with E-state index in [4.69, 9.17) is 0 Å². The molecular formula is C15H27N3S. The van der Waals surface area contributed by atoms with Crippen LogP contribution in [-0.2, 0) is 11.8 Å². The second-order valence-electron chi connectivity index (χ2n) is 6.19. The van der Waals surface area contributed by atoms with Gasteiger partial charge in [0.1, 0.15) is 10.0 Å². The molecule has 19 heavy (non-hydrogen) atoms. The number of aromatic nitrogens is 2. The van der Waals surface area contributed by atoms with Gasteiger partial charge in [0.25, 0.3) is 0 Å². The minimum atomic E-state index is 0.349. The molecule has 2 rings (SSSR count). The number of nitrogens with zero attached hydrogens (tertiary/aromatic N) is 2. The van der Waals surface area contributed by atoms with Gasteiger partial charge in [-0.25, -0.2) is 0 Å². The van der Waals surface area contributed by atoms with E-state index in [1.807, 2.05) is 11.3 Å². The predicted molar refractivity (Wildman–Crippen MR) is 81.8 cm³/mol. The molecule has 1 N–H and O–H groups in total. The Morgan fingerprint density at radius 1 is 1.26 bits per heavy atom. The molecule has 1 heterocycles. The second kappa shape index (κ2) is 6.80. The predicted octanol–water partition coefficient (Wildman–Crippen LogP) is 3.55. The SMILES string of the molecule is CCNCCc1nnc(C2(CC(C)C)CCCC2)s1. The highest BCUT2D eigenvalue weighted by Gasteiger charge is 2.39. The van der Waals surface area contributed by atoms with Crippen molar-refractivity contribution in [1.82, 2.24) is 15.5 Å². The van der Waals surface area contributed by atoms with E-state index in [0.717, 1.165) is 25.4 Å². The van der Waals surface area contributed by atoms with E-state index in [2.05, 4.69) is 36.3 Å². The van der Waals surface area contributed by atoms with Crippen LogP contribution in [0.5, 0.6) is 0 Å². The number of hydrogen-bond donors (Lipinski definition) is 1. The third-order valence-corrected chi connectivity index (χ3v) is 5.28. The summed E-state index contributed by atoms with van der Waals surface area (Å²) < 4.78 is 0. The van der Waals surface area contributed by atoms with Crippen LogP contribution in [0.1, 0.15) is 62.9 Å². The van der Waals surface area contributed by atoms with E-state index < -0.39 is 0 Å². The van der Waals surface area contributed by atoms with Crippen LogP contribution in [0.2, 0.25) is 0 Å². The summed E-state index contributed by atoms with van der Waals surface area (Å²) in [5, 5.41) is 14.8. The molecule has 1 aliphatic rings. The van der Waals surface area contributed by atoms with E-state index in [1.54, 1.807) is 0 Å². The molecule has 1 aromatic heterocycles.